The van der Waals surface area contributed by atoms with Crippen LogP contribution < -0.4 is 0 Å². The van der Waals surface area contributed by atoms with Gasteiger partial charge in [-0.05, 0) is 31.6 Å². The van der Waals surface area contributed by atoms with Crippen molar-refractivity contribution in [1.82, 2.24) is 4.90 Å². The summed E-state index contributed by atoms with van der Waals surface area (Å²) < 4.78 is 38.4. The van der Waals surface area contributed by atoms with Crippen LogP contribution in [0, 0.1) is 0 Å². The van der Waals surface area contributed by atoms with E-state index in [1.807, 2.05) is 6.92 Å². The fourth-order valence-corrected chi connectivity index (χ4v) is 1.72. The molecular formula is C12H16F3N. The molecule has 0 aliphatic rings. The van der Waals surface area contributed by atoms with E-state index in [2.05, 4.69) is 0 Å². The lowest BCUT2D eigenvalue weighted by atomic mass is 10.0. The van der Waals surface area contributed by atoms with Gasteiger partial charge >= 0.3 is 6.18 Å². The molecule has 1 atom stereocenters. The molecule has 0 amide bonds. The van der Waals surface area contributed by atoms with Crippen molar-refractivity contribution in [2.75, 3.05) is 14.1 Å². The molecule has 0 N–H and O–H groups in total. The molecule has 4 heteroatoms. The maximum atomic E-state index is 12.8. The third kappa shape index (κ3) is 2.98. The third-order valence-electron chi connectivity index (χ3n) is 2.53. The molecule has 1 aromatic carbocycles. The summed E-state index contributed by atoms with van der Waals surface area (Å²) in [5, 5.41) is 0. The molecule has 0 saturated heterocycles. The lowest BCUT2D eigenvalue weighted by Gasteiger charge is -2.27. The summed E-state index contributed by atoms with van der Waals surface area (Å²) in [4.78, 5) is 1.18. The largest absolute Gasteiger partial charge is 0.408 e. The summed E-state index contributed by atoms with van der Waals surface area (Å²) in [6.45, 7) is 1.97. The van der Waals surface area contributed by atoms with Crippen molar-refractivity contribution in [2.45, 2.75) is 25.6 Å². The Kier molecular flexibility index (Phi) is 3.97. The highest BCUT2D eigenvalue weighted by Gasteiger charge is 2.42. The predicted molar refractivity (Wildman–Crippen MR) is 58.3 cm³/mol. The predicted octanol–water partition coefficient (Wildman–Crippen LogP) is 3.41. The molecular weight excluding hydrogens is 215 g/mol. The number of rotatable bonds is 3. The Bertz CT molecular complexity index is 327. The monoisotopic (exact) mass is 231 g/mol. The molecule has 0 aliphatic carbocycles. The SMILES string of the molecule is CCc1ccc(C(N(C)C)C(F)(F)F)cc1. The van der Waals surface area contributed by atoms with Gasteiger partial charge in [-0.1, -0.05) is 31.2 Å². The number of hydrogen-bond donors (Lipinski definition) is 0. The van der Waals surface area contributed by atoms with Crippen molar-refractivity contribution >= 4 is 0 Å². The first-order valence-corrected chi connectivity index (χ1v) is 5.18. The molecule has 1 unspecified atom stereocenters. The van der Waals surface area contributed by atoms with Crippen LogP contribution in [0.2, 0.25) is 0 Å². The number of aryl methyl sites for hydroxylation is 1. The van der Waals surface area contributed by atoms with Crippen LogP contribution in [0.4, 0.5) is 13.2 Å². The quantitative estimate of drug-likeness (QED) is 0.770. The Morgan fingerprint density at radius 2 is 1.62 bits per heavy atom. The van der Waals surface area contributed by atoms with E-state index >= 15 is 0 Å². The molecule has 0 fully saturated rings. The van der Waals surface area contributed by atoms with Gasteiger partial charge in [-0.25, -0.2) is 0 Å². The molecule has 0 spiro atoms. The van der Waals surface area contributed by atoms with Gasteiger partial charge in [0.1, 0.15) is 6.04 Å². The zero-order valence-corrected chi connectivity index (χ0v) is 9.67. The molecule has 0 heterocycles. The van der Waals surface area contributed by atoms with Gasteiger partial charge in [-0.2, -0.15) is 13.2 Å². The number of nitrogens with zero attached hydrogens (tertiary/aromatic N) is 1. The Morgan fingerprint density at radius 1 is 1.12 bits per heavy atom. The highest BCUT2D eigenvalue weighted by atomic mass is 19.4. The van der Waals surface area contributed by atoms with Gasteiger partial charge in [-0.15, -0.1) is 0 Å². The lowest BCUT2D eigenvalue weighted by Crippen LogP contribution is -2.33. The molecule has 0 aromatic heterocycles. The molecule has 1 nitrogen and oxygen atoms in total. The number of hydrogen-bond acceptors (Lipinski definition) is 1. The van der Waals surface area contributed by atoms with Crippen LogP contribution in [0.5, 0.6) is 0 Å². The van der Waals surface area contributed by atoms with Gasteiger partial charge in [0.05, 0.1) is 0 Å². The standard InChI is InChI=1S/C12H16F3N/c1-4-9-5-7-10(8-6-9)11(16(2)3)12(13,14)15/h5-8,11H,4H2,1-3H3. The van der Waals surface area contributed by atoms with Crippen LogP contribution >= 0.6 is 0 Å². The second-order valence-electron chi connectivity index (χ2n) is 4.00. The van der Waals surface area contributed by atoms with Gasteiger partial charge in [-0.3, -0.25) is 4.90 Å². The minimum Gasteiger partial charge on any atom is -0.295 e. The summed E-state index contributed by atoms with van der Waals surface area (Å²) in [6, 6.07) is 5.07. The molecule has 0 aliphatic heterocycles. The van der Waals surface area contributed by atoms with Gasteiger partial charge < -0.3 is 0 Å². The summed E-state index contributed by atoms with van der Waals surface area (Å²) >= 11 is 0. The zero-order chi connectivity index (χ0) is 12.3. The highest BCUT2D eigenvalue weighted by Crippen LogP contribution is 2.36. The summed E-state index contributed by atoms with van der Waals surface area (Å²) in [6.07, 6.45) is -3.41. The first kappa shape index (κ1) is 13.0. The molecule has 90 valence electrons. The Labute approximate surface area is 93.9 Å². The van der Waals surface area contributed by atoms with Crippen molar-refractivity contribution < 1.29 is 13.2 Å². The second kappa shape index (κ2) is 4.87. The minimum atomic E-state index is -4.24. The molecule has 0 bridgehead atoms. The van der Waals surface area contributed by atoms with Gasteiger partial charge in [0.15, 0.2) is 0 Å². The summed E-state index contributed by atoms with van der Waals surface area (Å²) in [5.41, 5.74) is 1.33. The smallest absolute Gasteiger partial charge is 0.295 e. The van der Waals surface area contributed by atoms with Crippen molar-refractivity contribution in [2.24, 2.45) is 0 Å². The Hall–Kier alpha value is -1.03. The molecule has 1 rings (SSSR count). The summed E-state index contributed by atoms with van der Waals surface area (Å²) in [7, 11) is 2.87. The normalized spacial score (nSPS) is 14.2. The molecule has 16 heavy (non-hydrogen) atoms. The molecule has 1 aromatic rings. The van der Waals surface area contributed by atoms with E-state index in [-0.39, 0.29) is 5.56 Å². The molecule has 0 radical (unpaired) electrons. The first-order valence-electron chi connectivity index (χ1n) is 5.18. The van der Waals surface area contributed by atoms with E-state index in [9.17, 15) is 13.2 Å². The van der Waals surface area contributed by atoms with Crippen LogP contribution in [0.15, 0.2) is 24.3 Å². The fraction of sp³-hybridized carbons (Fsp3) is 0.500. The summed E-state index contributed by atoms with van der Waals surface area (Å²) in [5.74, 6) is 0. The van der Waals surface area contributed by atoms with Gasteiger partial charge in [0.2, 0.25) is 0 Å². The van der Waals surface area contributed by atoms with E-state index in [0.29, 0.717) is 0 Å². The van der Waals surface area contributed by atoms with E-state index in [1.165, 1.54) is 19.0 Å². The lowest BCUT2D eigenvalue weighted by molar-refractivity contribution is -0.179. The number of benzene rings is 1. The third-order valence-corrected chi connectivity index (χ3v) is 2.53. The maximum absolute atomic E-state index is 12.8. The first-order chi connectivity index (χ1) is 7.36. The highest BCUT2D eigenvalue weighted by molar-refractivity contribution is 5.26. The van der Waals surface area contributed by atoms with Crippen LogP contribution in [-0.2, 0) is 6.42 Å². The van der Waals surface area contributed by atoms with E-state index in [4.69, 9.17) is 0 Å². The van der Waals surface area contributed by atoms with E-state index < -0.39 is 12.2 Å². The Balaban J connectivity index is 3.03. The topological polar surface area (TPSA) is 3.24 Å². The molecule has 0 saturated carbocycles. The van der Waals surface area contributed by atoms with Crippen molar-refractivity contribution in [3.8, 4) is 0 Å². The minimum absolute atomic E-state index is 0.287. The fourth-order valence-electron chi connectivity index (χ4n) is 1.72. The van der Waals surface area contributed by atoms with Crippen LogP contribution in [0.1, 0.15) is 24.1 Å². The van der Waals surface area contributed by atoms with Gasteiger partial charge in [0, 0.05) is 0 Å². The van der Waals surface area contributed by atoms with Crippen molar-refractivity contribution in [3.05, 3.63) is 35.4 Å². The zero-order valence-electron chi connectivity index (χ0n) is 9.67. The van der Waals surface area contributed by atoms with E-state index in [0.717, 1.165) is 12.0 Å². The maximum Gasteiger partial charge on any atom is 0.408 e. The number of halogens is 3. The van der Waals surface area contributed by atoms with Crippen LogP contribution in [0.25, 0.3) is 0 Å². The van der Waals surface area contributed by atoms with Crippen molar-refractivity contribution in [3.63, 3.8) is 0 Å². The second-order valence-corrected chi connectivity index (χ2v) is 4.00. The Morgan fingerprint density at radius 3 is 1.94 bits per heavy atom. The van der Waals surface area contributed by atoms with E-state index in [1.54, 1.807) is 24.3 Å². The number of alkyl halides is 3. The van der Waals surface area contributed by atoms with Crippen LogP contribution in [0.3, 0.4) is 0 Å². The van der Waals surface area contributed by atoms with Crippen LogP contribution in [-0.4, -0.2) is 25.2 Å². The average molecular weight is 231 g/mol. The average Bonchev–Trinajstić information content (AvgIpc) is 2.16. The van der Waals surface area contributed by atoms with Crippen molar-refractivity contribution in [1.29, 1.82) is 0 Å². The van der Waals surface area contributed by atoms with Gasteiger partial charge in [0.25, 0.3) is 0 Å².